The summed E-state index contributed by atoms with van der Waals surface area (Å²) in [5.74, 6) is 0. The Bertz CT molecular complexity index is 2420. The summed E-state index contributed by atoms with van der Waals surface area (Å²) >= 11 is 0. The van der Waals surface area contributed by atoms with Gasteiger partial charge in [0, 0.05) is 0 Å². The van der Waals surface area contributed by atoms with Crippen LogP contribution in [0.3, 0.4) is 0 Å². The molecule has 8 aromatic carbocycles. The molecule has 0 bridgehead atoms. The van der Waals surface area contributed by atoms with E-state index >= 15 is 0 Å². The predicted molar refractivity (Wildman–Crippen MR) is 186 cm³/mol. The zero-order valence-corrected chi connectivity index (χ0v) is 23.7. The minimum atomic E-state index is 1.04. The summed E-state index contributed by atoms with van der Waals surface area (Å²) < 4.78 is 0. The Morgan fingerprint density at radius 3 is 1.74 bits per heavy atom. The highest BCUT2D eigenvalue weighted by molar-refractivity contribution is 6.06. The normalized spacial score (nSPS) is 12.5. The fourth-order valence-corrected chi connectivity index (χ4v) is 6.87. The van der Waals surface area contributed by atoms with Gasteiger partial charge in [0.25, 0.3) is 0 Å². The van der Waals surface area contributed by atoms with Crippen molar-refractivity contribution < 1.29 is 0 Å². The van der Waals surface area contributed by atoms with E-state index in [1.165, 1.54) is 87.6 Å². The highest BCUT2D eigenvalue weighted by Gasteiger charge is 2.11. The molecule has 1 aliphatic carbocycles. The molecule has 0 saturated carbocycles. The smallest absolute Gasteiger partial charge is 0.00882 e. The van der Waals surface area contributed by atoms with Crippen LogP contribution in [-0.4, -0.2) is 0 Å². The van der Waals surface area contributed by atoms with Crippen LogP contribution < -0.4 is 0 Å². The van der Waals surface area contributed by atoms with Crippen LogP contribution >= 0.6 is 0 Å². The summed E-state index contributed by atoms with van der Waals surface area (Å²) in [5, 5.41) is 10.2. The van der Waals surface area contributed by atoms with Crippen molar-refractivity contribution in [2.45, 2.75) is 6.42 Å². The standard InChI is InChI=1S/C43H28/c1-2-7-31-24-40-25-34(16-18-36(40)21-30(31)6-1)32-10-4-11-38(22-32)42-13-5-12-39-23-37-19-17-35(26-41(37)27-43(39)42)33-15-14-28-8-3-9-29(28)20-33/h1-7,9-27H,8H2. The number of benzene rings is 8. The average Bonchev–Trinajstić information content (AvgIpc) is 3.54. The lowest BCUT2D eigenvalue weighted by Gasteiger charge is -2.12. The van der Waals surface area contributed by atoms with Gasteiger partial charge in [0.05, 0.1) is 0 Å². The minimum Gasteiger partial charge on any atom is -0.0795 e. The second-order valence-electron chi connectivity index (χ2n) is 11.8. The van der Waals surface area contributed by atoms with E-state index in [0.717, 1.165) is 6.42 Å². The van der Waals surface area contributed by atoms with Gasteiger partial charge in [0.1, 0.15) is 0 Å². The topological polar surface area (TPSA) is 0 Å². The summed E-state index contributed by atoms with van der Waals surface area (Å²) in [6.07, 6.45) is 5.54. The molecule has 0 fully saturated rings. The Hall–Kier alpha value is -5.46. The summed E-state index contributed by atoms with van der Waals surface area (Å²) in [4.78, 5) is 0. The number of fused-ring (bicyclic) bond motifs is 5. The second-order valence-corrected chi connectivity index (χ2v) is 11.8. The largest absolute Gasteiger partial charge is 0.0795 e. The molecule has 0 heterocycles. The number of rotatable bonds is 3. The minimum absolute atomic E-state index is 1.04. The first-order valence-electron chi connectivity index (χ1n) is 15.1. The molecule has 0 aliphatic heterocycles. The number of hydrogen-bond donors (Lipinski definition) is 0. The maximum atomic E-state index is 2.38. The molecule has 0 heteroatoms. The molecule has 0 saturated heterocycles. The second kappa shape index (κ2) is 9.54. The van der Waals surface area contributed by atoms with Gasteiger partial charge in [-0.25, -0.2) is 0 Å². The van der Waals surface area contributed by atoms with Crippen molar-refractivity contribution in [1.29, 1.82) is 0 Å². The van der Waals surface area contributed by atoms with E-state index in [0.29, 0.717) is 0 Å². The quantitative estimate of drug-likeness (QED) is 0.194. The van der Waals surface area contributed by atoms with E-state index < -0.39 is 0 Å². The van der Waals surface area contributed by atoms with E-state index in [2.05, 4.69) is 158 Å². The molecule has 9 rings (SSSR count). The van der Waals surface area contributed by atoms with Crippen LogP contribution in [-0.2, 0) is 6.42 Å². The molecule has 0 aromatic heterocycles. The Kier molecular flexibility index (Phi) is 5.36. The van der Waals surface area contributed by atoms with Gasteiger partial charge < -0.3 is 0 Å². The van der Waals surface area contributed by atoms with Crippen LogP contribution in [0.4, 0.5) is 0 Å². The van der Waals surface area contributed by atoms with Crippen molar-refractivity contribution in [2.75, 3.05) is 0 Å². The van der Waals surface area contributed by atoms with Crippen molar-refractivity contribution >= 4 is 49.2 Å². The summed E-state index contributed by atoms with van der Waals surface area (Å²) in [7, 11) is 0. The van der Waals surface area contributed by atoms with Gasteiger partial charge in [-0.1, -0.05) is 109 Å². The van der Waals surface area contributed by atoms with E-state index in [-0.39, 0.29) is 0 Å². The lowest BCUT2D eigenvalue weighted by atomic mass is 9.92. The highest BCUT2D eigenvalue weighted by atomic mass is 14.1. The summed E-state index contributed by atoms with van der Waals surface area (Å²) in [6, 6.07) is 54.2. The van der Waals surface area contributed by atoms with Crippen molar-refractivity contribution in [3.8, 4) is 33.4 Å². The number of hydrogen-bond acceptors (Lipinski definition) is 0. The van der Waals surface area contributed by atoms with E-state index in [1.807, 2.05) is 0 Å². The zero-order valence-electron chi connectivity index (χ0n) is 23.7. The Balaban J connectivity index is 1.14. The summed E-state index contributed by atoms with van der Waals surface area (Å²) in [6.45, 7) is 0. The monoisotopic (exact) mass is 544 g/mol. The molecule has 0 atom stereocenters. The average molecular weight is 545 g/mol. The predicted octanol–water partition coefficient (Wildman–Crippen LogP) is 11.9. The Morgan fingerprint density at radius 1 is 0.349 bits per heavy atom. The van der Waals surface area contributed by atoms with Gasteiger partial charge in [0.2, 0.25) is 0 Å². The molecule has 0 spiro atoms. The summed E-state index contributed by atoms with van der Waals surface area (Å²) in [5.41, 5.74) is 10.3. The number of allylic oxidation sites excluding steroid dienone is 1. The first-order chi connectivity index (χ1) is 21.2. The molecule has 200 valence electrons. The third-order valence-corrected chi connectivity index (χ3v) is 9.16. The molecule has 1 aliphatic rings. The molecule has 0 nitrogen and oxygen atoms in total. The molecular formula is C43H28. The maximum Gasteiger partial charge on any atom is -0.00882 e. The molecule has 0 radical (unpaired) electrons. The SMILES string of the molecule is C1=Cc2cc(-c3ccc4cc5cccc(-c6cccc(-c7ccc8cc9ccccc9cc8c7)c6)c5cc4c3)ccc2C1. The molecular weight excluding hydrogens is 516 g/mol. The van der Waals surface area contributed by atoms with E-state index in [1.54, 1.807) is 0 Å². The van der Waals surface area contributed by atoms with Gasteiger partial charge >= 0.3 is 0 Å². The first kappa shape index (κ1) is 24.2. The third kappa shape index (κ3) is 4.15. The molecule has 0 unspecified atom stereocenters. The Labute approximate surface area is 251 Å². The molecule has 8 aromatic rings. The first-order valence-corrected chi connectivity index (χ1v) is 15.1. The molecule has 43 heavy (non-hydrogen) atoms. The van der Waals surface area contributed by atoms with Crippen molar-refractivity contribution in [3.63, 3.8) is 0 Å². The maximum absolute atomic E-state index is 2.38. The van der Waals surface area contributed by atoms with Crippen molar-refractivity contribution in [3.05, 3.63) is 163 Å². The lowest BCUT2D eigenvalue weighted by Crippen LogP contribution is -1.86. The Morgan fingerprint density at radius 2 is 0.930 bits per heavy atom. The van der Waals surface area contributed by atoms with Crippen LogP contribution in [0.15, 0.2) is 152 Å². The third-order valence-electron chi connectivity index (χ3n) is 9.16. The van der Waals surface area contributed by atoms with Gasteiger partial charge in [-0.2, -0.15) is 0 Å². The fourth-order valence-electron chi connectivity index (χ4n) is 6.87. The van der Waals surface area contributed by atoms with Gasteiger partial charge in [-0.3, -0.25) is 0 Å². The lowest BCUT2D eigenvalue weighted by molar-refractivity contribution is 1.31. The van der Waals surface area contributed by atoms with Crippen LogP contribution in [0, 0.1) is 0 Å². The molecule has 0 amide bonds. The van der Waals surface area contributed by atoms with Gasteiger partial charge in [0.15, 0.2) is 0 Å². The zero-order chi connectivity index (χ0) is 28.3. The highest BCUT2D eigenvalue weighted by Crippen LogP contribution is 2.36. The van der Waals surface area contributed by atoms with Gasteiger partial charge in [-0.15, -0.1) is 0 Å². The van der Waals surface area contributed by atoms with Crippen molar-refractivity contribution in [2.24, 2.45) is 0 Å². The van der Waals surface area contributed by atoms with E-state index in [9.17, 15) is 0 Å². The molecule has 0 N–H and O–H groups in total. The van der Waals surface area contributed by atoms with Crippen LogP contribution in [0.1, 0.15) is 11.1 Å². The van der Waals surface area contributed by atoms with Crippen molar-refractivity contribution in [1.82, 2.24) is 0 Å². The van der Waals surface area contributed by atoms with Crippen LogP contribution in [0.5, 0.6) is 0 Å². The van der Waals surface area contributed by atoms with E-state index in [4.69, 9.17) is 0 Å². The fraction of sp³-hybridized carbons (Fsp3) is 0.0233. The van der Waals surface area contributed by atoms with Crippen LogP contribution in [0.25, 0.3) is 82.5 Å². The van der Waals surface area contributed by atoms with Crippen LogP contribution in [0.2, 0.25) is 0 Å². The van der Waals surface area contributed by atoms with Gasteiger partial charge in [-0.05, 0) is 143 Å².